The Hall–Kier alpha value is -2.04. The first kappa shape index (κ1) is 13.4. The van der Waals surface area contributed by atoms with Gasteiger partial charge in [-0.1, -0.05) is 13.3 Å². The van der Waals surface area contributed by atoms with Gasteiger partial charge in [-0.25, -0.2) is 0 Å². The van der Waals surface area contributed by atoms with Gasteiger partial charge in [-0.05, 0) is 24.6 Å². The van der Waals surface area contributed by atoms with E-state index >= 15 is 0 Å². The molecule has 5 nitrogen and oxygen atoms in total. The number of hydrogen-bond donors (Lipinski definition) is 2. The van der Waals surface area contributed by atoms with Crippen LogP contribution in [0.15, 0.2) is 36.8 Å². The van der Waals surface area contributed by atoms with Gasteiger partial charge < -0.3 is 9.88 Å². The normalized spacial score (nSPS) is 12.3. The smallest absolute Gasteiger partial charge is 0.243 e. The fourth-order valence-electron chi connectivity index (χ4n) is 2.11. The van der Waals surface area contributed by atoms with E-state index in [-0.39, 0.29) is 11.9 Å². The SMILES string of the molecule is CCC[C@H](C(=O)NCCc1ccn[nH]1)n1cccc1. The minimum atomic E-state index is -0.109. The van der Waals surface area contributed by atoms with E-state index in [9.17, 15) is 4.79 Å². The largest absolute Gasteiger partial charge is 0.354 e. The van der Waals surface area contributed by atoms with Crippen LogP contribution in [0.5, 0.6) is 0 Å². The number of nitrogens with zero attached hydrogens (tertiary/aromatic N) is 2. The molecule has 1 amide bonds. The molecule has 2 aromatic heterocycles. The van der Waals surface area contributed by atoms with E-state index in [1.165, 1.54) is 0 Å². The third kappa shape index (κ3) is 3.71. The van der Waals surface area contributed by atoms with E-state index in [0.29, 0.717) is 6.54 Å². The lowest BCUT2D eigenvalue weighted by atomic mass is 10.1. The number of hydrogen-bond acceptors (Lipinski definition) is 2. The molecule has 19 heavy (non-hydrogen) atoms. The van der Waals surface area contributed by atoms with E-state index in [2.05, 4.69) is 22.4 Å². The molecule has 0 aliphatic heterocycles. The molecule has 0 radical (unpaired) electrons. The average molecular weight is 260 g/mol. The molecule has 102 valence electrons. The Morgan fingerprint density at radius 3 is 2.89 bits per heavy atom. The average Bonchev–Trinajstić information content (AvgIpc) is 3.08. The van der Waals surface area contributed by atoms with Crippen molar-refractivity contribution in [3.63, 3.8) is 0 Å². The molecular formula is C14H20N4O. The van der Waals surface area contributed by atoms with Gasteiger partial charge >= 0.3 is 0 Å². The van der Waals surface area contributed by atoms with Gasteiger partial charge in [-0.3, -0.25) is 9.89 Å². The third-order valence-corrected chi connectivity index (χ3v) is 3.10. The highest BCUT2D eigenvalue weighted by molar-refractivity contribution is 5.80. The molecule has 2 aromatic rings. The number of amides is 1. The van der Waals surface area contributed by atoms with E-state index in [4.69, 9.17) is 0 Å². The van der Waals surface area contributed by atoms with Crippen molar-refractivity contribution in [1.29, 1.82) is 0 Å². The van der Waals surface area contributed by atoms with Crippen LogP contribution in [0.25, 0.3) is 0 Å². The molecule has 0 unspecified atom stereocenters. The molecule has 0 saturated heterocycles. The lowest BCUT2D eigenvalue weighted by Gasteiger charge is -2.17. The highest BCUT2D eigenvalue weighted by Gasteiger charge is 2.17. The van der Waals surface area contributed by atoms with Crippen molar-refractivity contribution in [1.82, 2.24) is 20.1 Å². The van der Waals surface area contributed by atoms with Crippen molar-refractivity contribution in [3.05, 3.63) is 42.5 Å². The van der Waals surface area contributed by atoms with Crippen molar-refractivity contribution < 1.29 is 4.79 Å². The number of carbonyl (C=O) groups excluding carboxylic acids is 1. The molecule has 1 atom stereocenters. The minimum Gasteiger partial charge on any atom is -0.354 e. The van der Waals surface area contributed by atoms with Gasteiger partial charge in [0.2, 0.25) is 5.91 Å². The lowest BCUT2D eigenvalue weighted by Crippen LogP contribution is -2.33. The van der Waals surface area contributed by atoms with Crippen LogP contribution in [-0.2, 0) is 11.2 Å². The van der Waals surface area contributed by atoms with Crippen LogP contribution in [-0.4, -0.2) is 27.2 Å². The fraction of sp³-hybridized carbons (Fsp3) is 0.429. The predicted octanol–water partition coefficient (Wildman–Crippen LogP) is 1.91. The Labute approximate surface area is 113 Å². The lowest BCUT2D eigenvalue weighted by molar-refractivity contribution is -0.124. The Bertz CT molecular complexity index is 476. The molecule has 0 saturated carbocycles. The number of nitrogens with one attached hydrogen (secondary N) is 2. The molecule has 0 aliphatic carbocycles. The first-order valence-electron chi connectivity index (χ1n) is 6.69. The molecule has 5 heteroatoms. The predicted molar refractivity (Wildman–Crippen MR) is 73.7 cm³/mol. The van der Waals surface area contributed by atoms with Gasteiger partial charge in [0.15, 0.2) is 0 Å². The van der Waals surface area contributed by atoms with Gasteiger partial charge in [0, 0.05) is 37.3 Å². The van der Waals surface area contributed by atoms with Gasteiger partial charge in [-0.2, -0.15) is 5.10 Å². The fourth-order valence-corrected chi connectivity index (χ4v) is 2.11. The molecule has 0 bridgehead atoms. The van der Waals surface area contributed by atoms with Crippen molar-refractivity contribution in [2.75, 3.05) is 6.54 Å². The molecule has 2 N–H and O–H groups in total. The van der Waals surface area contributed by atoms with Crippen LogP contribution in [0, 0.1) is 0 Å². The van der Waals surface area contributed by atoms with E-state index in [1.54, 1.807) is 6.20 Å². The summed E-state index contributed by atoms with van der Waals surface area (Å²) in [5, 5.41) is 9.76. The first-order chi connectivity index (χ1) is 9.31. The number of rotatable bonds is 7. The zero-order valence-electron chi connectivity index (χ0n) is 11.2. The molecule has 0 fully saturated rings. The maximum Gasteiger partial charge on any atom is 0.243 e. The third-order valence-electron chi connectivity index (χ3n) is 3.10. The van der Waals surface area contributed by atoms with E-state index in [1.807, 2.05) is 35.2 Å². The molecule has 2 heterocycles. The van der Waals surface area contributed by atoms with Crippen molar-refractivity contribution in [3.8, 4) is 0 Å². The minimum absolute atomic E-state index is 0.0811. The highest BCUT2D eigenvalue weighted by Crippen LogP contribution is 2.14. The van der Waals surface area contributed by atoms with E-state index < -0.39 is 0 Å². The Morgan fingerprint density at radius 2 is 2.26 bits per heavy atom. The van der Waals surface area contributed by atoms with Crippen LogP contribution >= 0.6 is 0 Å². The second-order valence-electron chi connectivity index (χ2n) is 4.56. The Morgan fingerprint density at radius 1 is 1.47 bits per heavy atom. The number of aromatic nitrogens is 3. The van der Waals surface area contributed by atoms with Gasteiger partial charge in [0.05, 0.1) is 0 Å². The van der Waals surface area contributed by atoms with Crippen LogP contribution in [0.1, 0.15) is 31.5 Å². The molecule has 0 spiro atoms. The van der Waals surface area contributed by atoms with Crippen LogP contribution < -0.4 is 5.32 Å². The Balaban J connectivity index is 1.85. The quantitative estimate of drug-likeness (QED) is 0.798. The molecular weight excluding hydrogens is 240 g/mol. The number of H-pyrrole nitrogens is 1. The summed E-state index contributed by atoms with van der Waals surface area (Å²) in [6.45, 7) is 2.72. The van der Waals surface area contributed by atoms with Crippen molar-refractivity contribution in [2.24, 2.45) is 0 Å². The van der Waals surface area contributed by atoms with Gasteiger partial charge in [-0.15, -0.1) is 0 Å². The monoisotopic (exact) mass is 260 g/mol. The number of carbonyl (C=O) groups is 1. The standard InChI is InChI=1S/C14H20N4O/c1-2-5-13(18-10-3-4-11-18)14(19)15-8-6-12-7-9-16-17-12/h3-4,7,9-11,13H,2,5-6,8H2,1H3,(H,15,19)(H,16,17)/t13-/m1/s1. The van der Waals surface area contributed by atoms with Crippen LogP contribution in [0.2, 0.25) is 0 Å². The first-order valence-corrected chi connectivity index (χ1v) is 6.69. The van der Waals surface area contributed by atoms with Gasteiger partial charge in [0.25, 0.3) is 0 Å². The summed E-state index contributed by atoms with van der Waals surface area (Å²) in [6, 6.07) is 5.70. The maximum atomic E-state index is 12.2. The summed E-state index contributed by atoms with van der Waals surface area (Å²) >= 11 is 0. The van der Waals surface area contributed by atoms with Gasteiger partial charge in [0.1, 0.15) is 6.04 Å². The molecule has 0 aromatic carbocycles. The topological polar surface area (TPSA) is 62.7 Å². The van der Waals surface area contributed by atoms with Crippen molar-refractivity contribution >= 4 is 5.91 Å². The van der Waals surface area contributed by atoms with Crippen LogP contribution in [0.4, 0.5) is 0 Å². The van der Waals surface area contributed by atoms with Crippen LogP contribution in [0.3, 0.4) is 0 Å². The highest BCUT2D eigenvalue weighted by atomic mass is 16.2. The summed E-state index contributed by atoms with van der Waals surface area (Å²) in [6.07, 6.45) is 8.21. The number of aromatic amines is 1. The zero-order chi connectivity index (χ0) is 13.5. The summed E-state index contributed by atoms with van der Waals surface area (Å²) in [4.78, 5) is 12.2. The maximum absolute atomic E-state index is 12.2. The Kier molecular flexibility index (Phi) is 4.78. The molecule has 2 rings (SSSR count). The van der Waals surface area contributed by atoms with E-state index in [0.717, 1.165) is 25.0 Å². The summed E-state index contributed by atoms with van der Waals surface area (Å²) < 4.78 is 1.97. The zero-order valence-corrected chi connectivity index (χ0v) is 11.2. The summed E-state index contributed by atoms with van der Waals surface area (Å²) in [7, 11) is 0. The summed E-state index contributed by atoms with van der Waals surface area (Å²) in [5.41, 5.74) is 1.04. The molecule has 0 aliphatic rings. The second kappa shape index (κ2) is 6.78. The second-order valence-corrected chi connectivity index (χ2v) is 4.56. The summed E-state index contributed by atoms with van der Waals surface area (Å²) in [5.74, 6) is 0.0811. The van der Waals surface area contributed by atoms with Crippen molar-refractivity contribution in [2.45, 2.75) is 32.2 Å².